The van der Waals surface area contributed by atoms with Crippen molar-refractivity contribution in [3.63, 3.8) is 0 Å². The van der Waals surface area contributed by atoms with Gasteiger partial charge >= 0.3 is 0 Å². The zero-order chi connectivity index (χ0) is 12.7. The largest absolute Gasteiger partial charge is 0.487 e. The minimum atomic E-state index is 0.219. The Morgan fingerprint density at radius 1 is 1.35 bits per heavy atom. The third-order valence-electron chi connectivity index (χ3n) is 2.63. The van der Waals surface area contributed by atoms with Crippen molar-refractivity contribution < 1.29 is 4.74 Å². The van der Waals surface area contributed by atoms with Crippen LogP contribution in [0.15, 0.2) is 18.3 Å². The lowest BCUT2D eigenvalue weighted by Crippen LogP contribution is -2.33. The molecule has 1 atom stereocenters. The summed E-state index contributed by atoms with van der Waals surface area (Å²) in [5.41, 5.74) is 0.954. The zero-order valence-corrected chi connectivity index (χ0v) is 11.4. The average Bonchev–Trinajstić information content (AvgIpc) is 2.30. The minimum Gasteiger partial charge on any atom is -0.487 e. The zero-order valence-electron chi connectivity index (χ0n) is 11.4. The number of hydrogen-bond donors (Lipinski definition) is 1. The molecule has 1 unspecified atom stereocenters. The Balaban J connectivity index is 2.44. The van der Waals surface area contributed by atoms with Gasteiger partial charge in [0.2, 0.25) is 0 Å². The van der Waals surface area contributed by atoms with Crippen LogP contribution >= 0.6 is 0 Å². The molecule has 1 aromatic rings. The maximum Gasteiger partial charge on any atom is 0.140 e. The highest BCUT2D eigenvalue weighted by Gasteiger charge is 2.09. The molecule has 0 spiro atoms. The Bertz CT molecular complexity index is 326. The fraction of sp³-hybridized carbons (Fsp3) is 0.643. The standard InChI is InChI=1S/C14H24N2O/c1-5-13(10-15-9-11(2)3)17-14-7-6-8-16-12(14)4/h6-8,11,13,15H,5,9-10H2,1-4H3. The summed E-state index contributed by atoms with van der Waals surface area (Å²) in [6, 6.07) is 3.89. The summed E-state index contributed by atoms with van der Waals surface area (Å²) >= 11 is 0. The van der Waals surface area contributed by atoms with Crippen molar-refractivity contribution in [3.05, 3.63) is 24.0 Å². The van der Waals surface area contributed by atoms with Gasteiger partial charge in [-0.2, -0.15) is 0 Å². The van der Waals surface area contributed by atoms with E-state index in [-0.39, 0.29) is 6.10 Å². The highest BCUT2D eigenvalue weighted by atomic mass is 16.5. The Hall–Kier alpha value is -1.09. The molecule has 96 valence electrons. The fourth-order valence-corrected chi connectivity index (χ4v) is 1.58. The summed E-state index contributed by atoms with van der Waals surface area (Å²) in [7, 11) is 0. The van der Waals surface area contributed by atoms with Crippen LogP contribution in [0.4, 0.5) is 0 Å². The van der Waals surface area contributed by atoms with Gasteiger partial charge in [0.15, 0.2) is 0 Å². The highest BCUT2D eigenvalue weighted by molar-refractivity contribution is 5.25. The summed E-state index contributed by atoms with van der Waals surface area (Å²) < 4.78 is 5.95. The molecule has 1 rings (SSSR count). The molecule has 0 aliphatic rings. The predicted molar refractivity (Wildman–Crippen MR) is 71.4 cm³/mol. The molecule has 0 aromatic carbocycles. The number of pyridine rings is 1. The monoisotopic (exact) mass is 236 g/mol. The van der Waals surface area contributed by atoms with Gasteiger partial charge in [0, 0.05) is 12.7 Å². The van der Waals surface area contributed by atoms with Crippen molar-refractivity contribution in [1.29, 1.82) is 0 Å². The minimum absolute atomic E-state index is 0.219. The number of aromatic nitrogens is 1. The Kier molecular flexibility index (Phi) is 5.98. The molecular weight excluding hydrogens is 212 g/mol. The van der Waals surface area contributed by atoms with E-state index in [1.807, 2.05) is 19.1 Å². The first kappa shape index (κ1) is 14.0. The molecule has 0 radical (unpaired) electrons. The molecule has 0 aliphatic heterocycles. The van der Waals surface area contributed by atoms with Gasteiger partial charge in [0.05, 0.1) is 5.69 Å². The second-order valence-corrected chi connectivity index (χ2v) is 4.79. The molecule has 0 bridgehead atoms. The second kappa shape index (κ2) is 7.28. The van der Waals surface area contributed by atoms with Crippen LogP contribution in [-0.2, 0) is 0 Å². The number of nitrogens with one attached hydrogen (secondary N) is 1. The fourth-order valence-electron chi connectivity index (χ4n) is 1.58. The van der Waals surface area contributed by atoms with Crippen LogP contribution < -0.4 is 10.1 Å². The molecule has 1 heterocycles. The van der Waals surface area contributed by atoms with Crippen molar-refractivity contribution in [2.75, 3.05) is 13.1 Å². The first-order valence-electron chi connectivity index (χ1n) is 6.42. The van der Waals surface area contributed by atoms with Gasteiger partial charge in [-0.25, -0.2) is 0 Å². The van der Waals surface area contributed by atoms with Gasteiger partial charge in [-0.3, -0.25) is 4.98 Å². The van der Waals surface area contributed by atoms with Crippen LogP contribution in [0.5, 0.6) is 5.75 Å². The van der Waals surface area contributed by atoms with E-state index in [1.165, 1.54) is 0 Å². The quantitative estimate of drug-likeness (QED) is 0.790. The van der Waals surface area contributed by atoms with E-state index in [2.05, 4.69) is 31.1 Å². The van der Waals surface area contributed by atoms with E-state index >= 15 is 0 Å². The number of rotatable bonds is 7. The van der Waals surface area contributed by atoms with Crippen molar-refractivity contribution in [2.24, 2.45) is 5.92 Å². The molecule has 1 N–H and O–H groups in total. The summed E-state index contributed by atoms with van der Waals surface area (Å²) in [5, 5.41) is 3.43. The van der Waals surface area contributed by atoms with Crippen molar-refractivity contribution in [3.8, 4) is 5.75 Å². The maximum absolute atomic E-state index is 5.95. The second-order valence-electron chi connectivity index (χ2n) is 4.79. The Morgan fingerprint density at radius 3 is 2.71 bits per heavy atom. The van der Waals surface area contributed by atoms with Crippen molar-refractivity contribution in [2.45, 2.75) is 40.2 Å². The van der Waals surface area contributed by atoms with Crippen molar-refractivity contribution in [1.82, 2.24) is 10.3 Å². The van der Waals surface area contributed by atoms with Crippen LogP contribution in [0.2, 0.25) is 0 Å². The third kappa shape index (κ3) is 5.18. The summed E-state index contributed by atoms with van der Waals surface area (Å²) in [6.45, 7) is 10.5. The van der Waals surface area contributed by atoms with Gasteiger partial charge in [-0.05, 0) is 37.9 Å². The summed E-state index contributed by atoms with van der Waals surface area (Å²) in [5.74, 6) is 1.57. The highest BCUT2D eigenvalue weighted by Crippen LogP contribution is 2.16. The number of aryl methyl sites for hydroxylation is 1. The predicted octanol–water partition coefficient (Wildman–Crippen LogP) is 2.79. The normalized spacial score (nSPS) is 12.8. The molecule has 0 saturated heterocycles. The first-order chi connectivity index (χ1) is 8.13. The smallest absolute Gasteiger partial charge is 0.140 e. The Morgan fingerprint density at radius 2 is 2.12 bits per heavy atom. The molecule has 0 fully saturated rings. The lowest BCUT2D eigenvalue weighted by Gasteiger charge is -2.19. The molecule has 0 amide bonds. The van der Waals surface area contributed by atoms with Gasteiger partial charge < -0.3 is 10.1 Å². The summed E-state index contributed by atoms with van der Waals surface area (Å²) in [4.78, 5) is 4.23. The van der Waals surface area contributed by atoms with E-state index < -0.39 is 0 Å². The van der Waals surface area contributed by atoms with Gasteiger partial charge in [-0.1, -0.05) is 20.8 Å². The third-order valence-corrected chi connectivity index (χ3v) is 2.63. The number of hydrogen-bond acceptors (Lipinski definition) is 3. The van der Waals surface area contributed by atoms with Crippen LogP contribution in [0.25, 0.3) is 0 Å². The molecule has 3 nitrogen and oxygen atoms in total. The molecular formula is C14H24N2O. The number of ether oxygens (including phenoxy) is 1. The lowest BCUT2D eigenvalue weighted by atomic mass is 10.2. The number of nitrogens with zero attached hydrogens (tertiary/aromatic N) is 1. The van der Waals surface area contributed by atoms with E-state index in [1.54, 1.807) is 6.20 Å². The first-order valence-corrected chi connectivity index (χ1v) is 6.42. The SMILES string of the molecule is CCC(CNCC(C)C)Oc1cccnc1C. The summed E-state index contributed by atoms with van der Waals surface area (Å²) in [6.07, 6.45) is 3.01. The van der Waals surface area contributed by atoms with Gasteiger partial charge in [0.25, 0.3) is 0 Å². The topological polar surface area (TPSA) is 34.1 Å². The van der Waals surface area contributed by atoms with Gasteiger partial charge in [0.1, 0.15) is 11.9 Å². The van der Waals surface area contributed by atoms with Crippen LogP contribution in [-0.4, -0.2) is 24.2 Å². The van der Waals surface area contributed by atoms with E-state index in [0.29, 0.717) is 5.92 Å². The molecule has 0 aliphatic carbocycles. The van der Waals surface area contributed by atoms with Crippen LogP contribution in [0, 0.1) is 12.8 Å². The van der Waals surface area contributed by atoms with E-state index in [0.717, 1.165) is 31.0 Å². The molecule has 3 heteroatoms. The molecule has 0 saturated carbocycles. The molecule has 1 aromatic heterocycles. The van der Waals surface area contributed by atoms with Crippen LogP contribution in [0.1, 0.15) is 32.9 Å². The van der Waals surface area contributed by atoms with E-state index in [4.69, 9.17) is 4.74 Å². The van der Waals surface area contributed by atoms with Gasteiger partial charge in [-0.15, -0.1) is 0 Å². The average molecular weight is 236 g/mol. The lowest BCUT2D eigenvalue weighted by molar-refractivity contribution is 0.190. The van der Waals surface area contributed by atoms with E-state index in [9.17, 15) is 0 Å². The van der Waals surface area contributed by atoms with Crippen LogP contribution in [0.3, 0.4) is 0 Å². The van der Waals surface area contributed by atoms with Crippen molar-refractivity contribution >= 4 is 0 Å². The Labute approximate surface area is 105 Å². The maximum atomic E-state index is 5.95. The molecule has 17 heavy (non-hydrogen) atoms.